The van der Waals surface area contributed by atoms with Crippen LogP contribution in [0.1, 0.15) is 63.7 Å². The Morgan fingerprint density at radius 3 is 2.23 bits per heavy atom. The van der Waals surface area contributed by atoms with Crippen LogP contribution in [0.25, 0.3) is 10.2 Å². The average molecular weight is 518 g/mol. The summed E-state index contributed by atoms with van der Waals surface area (Å²) in [6.45, 7) is 10.2. The van der Waals surface area contributed by atoms with E-state index < -0.39 is 15.9 Å². The third-order valence-electron chi connectivity index (χ3n) is 5.74. The Hall–Kier alpha value is -2.49. The van der Waals surface area contributed by atoms with E-state index in [0.717, 1.165) is 41.6 Å². The minimum absolute atomic E-state index is 0.202. The van der Waals surface area contributed by atoms with E-state index in [4.69, 9.17) is 4.74 Å². The highest BCUT2D eigenvalue weighted by molar-refractivity contribution is 7.89. The van der Waals surface area contributed by atoms with Gasteiger partial charge in [-0.25, -0.2) is 8.42 Å². The fourth-order valence-corrected chi connectivity index (χ4v) is 6.47. The van der Waals surface area contributed by atoms with Gasteiger partial charge in [0.2, 0.25) is 10.0 Å². The number of hydrogen-bond acceptors (Lipinski definition) is 5. The number of benzene rings is 2. The smallest absolute Gasteiger partial charge is 0.279 e. The normalized spacial score (nSPS) is 12.5. The van der Waals surface area contributed by atoms with E-state index in [-0.39, 0.29) is 4.90 Å². The number of aromatic nitrogens is 1. The number of hydrogen-bond donors (Lipinski definition) is 0. The summed E-state index contributed by atoms with van der Waals surface area (Å²) >= 11 is 1.43. The van der Waals surface area contributed by atoms with Crippen molar-refractivity contribution in [1.82, 2.24) is 8.87 Å². The van der Waals surface area contributed by atoms with Gasteiger partial charge in [-0.15, -0.1) is 0 Å². The first-order valence-electron chi connectivity index (χ1n) is 12.3. The number of para-hydroxylation sites is 1. The lowest BCUT2D eigenvalue weighted by Crippen LogP contribution is -2.33. The molecule has 0 radical (unpaired) electrons. The Morgan fingerprint density at radius 2 is 1.66 bits per heavy atom. The molecule has 190 valence electrons. The number of carbonyl (C=O) groups excluding carboxylic acids is 1. The minimum atomic E-state index is -3.61. The second-order valence-electron chi connectivity index (χ2n) is 8.22. The first-order valence-corrected chi connectivity index (χ1v) is 14.6. The zero-order valence-electron chi connectivity index (χ0n) is 21.0. The van der Waals surface area contributed by atoms with Crippen molar-refractivity contribution < 1.29 is 17.9 Å². The van der Waals surface area contributed by atoms with Gasteiger partial charge in [-0.05, 0) is 63.1 Å². The molecule has 1 heterocycles. The number of thiazole rings is 1. The predicted molar refractivity (Wildman–Crippen MR) is 142 cm³/mol. The fourth-order valence-electron chi connectivity index (χ4n) is 3.84. The summed E-state index contributed by atoms with van der Waals surface area (Å²) in [6.07, 6.45) is 3.48. The summed E-state index contributed by atoms with van der Waals surface area (Å²) in [4.78, 5) is 18.1. The number of carbonyl (C=O) groups is 1. The molecular weight excluding hydrogens is 482 g/mol. The van der Waals surface area contributed by atoms with Crippen LogP contribution in [0.3, 0.4) is 0 Å². The number of aryl methyl sites for hydroxylation is 1. The minimum Gasteiger partial charge on any atom is -0.492 e. The molecule has 0 N–H and O–H groups in total. The first-order chi connectivity index (χ1) is 16.9. The zero-order chi connectivity index (χ0) is 25.4. The molecule has 1 aromatic heterocycles. The van der Waals surface area contributed by atoms with Gasteiger partial charge in [-0.3, -0.25) is 4.79 Å². The standard InChI is InChI=1S/C26H35N3O4S2/c1-5-9-18-28(19-10-6-2)35(31,32)21-16-14-20(15-17-21)25(30)27-26-29(7-3)24-22(33-8-4)12-11-13-23(24)34-26/h11-17H,5-10,18-19H2,1-4H3. The largest absolute Gasteiger partial charge is 0.492 e. The molecule has 2 aromatic carbocycles. The van der Waals surface area contributed by atoms with E-state index in [1.807, 2.05) is 50.5 Å². The Kier molecular flexibility index (Phi) is 9.65. The van der Waals surface area contributed by atoms with Crippen LogP contribution < -0.4 is 9.54 Å². The molecule has 3 aromatic rings. The summed E-state index contributed by atoms with van der Waals surface area (Å²) in [5, 5.41) is 0. The zero-order valence-corrected chi connectivity index (χ0v) is 22.6. The van der Waals surface area contributed by atoms with Gasteiger partial charge in [-0.2, -0.15) is 9.30 Å². The van der Waals surface area contributed by atoms with E-state index in [1.165, 1.54) is 23.5 Å². The van der Waals surface area contributed by atoms with Crippen LogP contribution in [0.5, 0.6) is 5.75 Å². The molecule has 3 rings (SSSR count). The number of fused-ring (bicyclic) bond motifs is 1. The van der Waals surface area contributed by atoms with Crippen LogP contribution >= 0.6 is 11.3 Å². The SMILES string of the molecule is CCCCN(CCCC)S(=O)(=O)c1ccc(C(=O)N=c2sc3cccc(OCC)c3n2CC)cc1. The van der Waals surface area contributed by atoms with Crippen molar-refractivity contribution >= 4 is 37.5 Å². The number of nitrogens with zero attached hydrogens (tertiary/aromatic N) is 3. The van der Waals surface area contributed by atoms with E-state index in [0.29, 0.717) is 36.6 Å². The van der Waals surface area contributed by atoms with E-state index in [9.17, 15) is 13.2 Å². The third kappa shape index (κ3) is 6.20. The Balaban J connectivity index is 1.92. The molecule has 0 spiro atoms. The van der Waals surface area contributed by atoms with Crippen LogP contribution in [0.2, 0.25) is 0 Å². The van der Waals surface area contributed by atoms with Gasteiger partial charge < -0.3 is 9.30 Å². The molecule has 0 aliphatic heterocycles. The topological polar surface area (TPSA) is 81.0 Å². The number of ether oxygens (including phenoxy) is 1. The lowest BCUT2D eigenvalue weighted by atomic mass is 10.2. The molecule has 9 heteroatoms. The van der Waals surface area contributed by atoms with Crippen LogP contribution in [0.4, 0.5) is 0 Å². The summed E-state index contributed by atoms with van der Waals surface area (Å²) in [5.41, 5.74) is 1.27. The second-order valence-corrected chi connectivity index (χ2v) is 11.2. The average Bonchev–Trinajstić information content (AvgIpc) is 3.22. The van der Waals surface area contributed by atoms with Crippen LogP contribution in [-0.4, -0.2) is 42.9 Å². The summed E-state index contributed by atoms with van der Waals surface area (Å²) < 4.78 is 36.7. The maximum Gasteiger partial charge on any atom is 0.279 e. The van der Waals surface area contributed by atoms with E-state index in [1.54, 1.807) is 16.4 Å². The lowest BCUT2D eigenvalue weighted by Gasteiger charge is -2.22. The van der Waals surface area contributed by atoms with Crippen LogP contribution in [0.15, 0.2) is 52.4 Å². The molecule has 35 heavy (non-hydrogen) atoms. The van der Waals surface area contributed by atoms with E-state index in [2.05, 4.69) is 4.99 Å². The maximum atomic E-state index is 13.2. The van der Waals surface area contributed by atoms with Gasteiger partial charge >= 0.3 is 0 Å². The molecule has 7 nitrogen and oxygen atoms in total. The summed E-state index contributed by atoms with van der Waals surface area (Å²) in [6, 6.07) is 11.9. The highest BCUT2D eigenvalue weighted by Gasteiger charge is 2.24. The Labute approximate surface area is 212 Å². The van der Waals surface area contributed by atoms with Crippen molar-refractivity contribution in [2.45, 2.75) is 64.8 Å². The van der Waals surface area contributed by atoms with Crippen molar-refractivity contribution in [3.8, 4) is 5.75 Å². The number of amides is 1. The van der Waals surface area contributed by atoms with Crippen molar-refractivity contribution in [2.24, 2.45) is 4.99 Å². The van der Waals surface area contributed by atoms with Gasteiger partial charge in [0.05, 0.1) is 16.2 Å². The highest BCUT2D eigenvalue weighted by Crippen LogP contribution is 2.27. The molecule has 0 bridgehead atoms. The predicted octanol–water partition coefficient (Wildman–Crippen LogP) is 5.45. The van der Waals surface area contributed by atoms with E-state index >= 15 is 0 Å². The maximum absolute atomic E-state index is 13.2. The molecule has 0 saturated heterocycles. The second kappa shape index (κ2) is 12.5. The van der Waals surface area contributed by atoms with Crippen molar-refractivity contribution in [1.29, 1.82) is 0 Å². The fraction of sp³-hybridized carbons (Fsp3) is 0.462. The summed E-state index contributed by atoms with van der Waals surface area (Å²) in [5.74, 6) is 0.358. The molecule has 0 aliphatic carbocycles. The van der Waals surface area contributed by atoms with Crippen molar-refractivity contribution in [3.05, 3.63) is 52.8 Å². The lowest BCUT2D eigenvalue weighted by molar-refractivity contribution is 0.0997. The highest BCUT2D eigenvalue weighted by atomic mass is 32.2. The molecule has 0 unspecified atom stereocenters. The van der Waals surface area contributed by atoms with Gasteiger partial charge in [0.1, 0.15) is 11.3 Å². The Morgan fingerprint density at radius 1 is 1.00 bits per heavy atom. The van der Waals surface area contributed by atoms with Crippen molar-refractivity contribution in [3.63, 3.8) is 0 Å². The molecular formula is C26H35N3O4S2. The quantitative estimate of drug-likeness (QED) is 0.320. The Bertz CT molecular complexity index is 1300. The van der Waals surface area contributed by atoms with Gasteiger partial charge in [0.15, 0.2) is 4.80 Å². The third-order valence-corrected chi connectivity index (χ3v) is 8.69. The van der Waals surface area contributed by atoms with Crippen LogP contribution in [0, 0.1) is 0 Å². The molecule has 0 saturated carbocycles. The number of sulfonamides is 1. The molecule has 0 aliphatic rings. The monoisotopic (exact) mass is 517 g/mol. The van der Waals surface area contributed by atoms with Crippen LogP contribution in [-0.2, 0) is 16.6 Å². The van der Waals surface area contributed by atoms with Crippen molar-refractivity contribution in [2.75, 3.05) is 19.7 Å². The molecule has 0 atom stereocenters. The molecule has 1 amide bonds. The number of unbranched alkanes of at least 4 members (excludes halogenated alkanes) is 2. The van der Waals surface area contributed by atoms with Gasteiger partial charge in [-0.1, -0.05) is 44.1 Å². The molecule has 0 fully saturated rings. The number of rotatable bonds is 12. The summed E-state index contributed by atoms with van der Waals surface area (Å²) in [7, 11) is -3.61. The first kappa shape index (κ1) is 27.1. The van der Waals surface area contributed by atoms with Gasteiger partial charge in [0.25, 0.3) is 5.91 Å². The van der Waals surface area contributed by atoms with Gasteiger partial charge in [0, 0.05) is 25.2 Å².